The highest BCUT2D eigenvalue weighted by Crippen LogP contribution is 2.16. The summed E-state index contributed by atoms with van der Waals surface area (Å²) in [5.41, 5.74) is 0. The first-order valence-electron chi connectivity index (χ1n) is 7.41. The van der Waals surface area contributed by atoms with Gasteiger partial charge in [-0.1, -0.05) is 39.0 Å². The Morgan fingerprint density at radius 1 is 0.818 bits per heavy atom. The molecule has 0 aliphatic heterocycles. The minimum absolute atomic E-state index is 0.187. The zero-order chi connectivity index (χ0) is 17.1. The van der Waals surface area contributed by atoms with Gasteiger partial charge < -0.3 is 0 Å². The van der Waals surface area contributed by atoms with Gasteiger partial charge in [0.15, 0.2) is 0 Å². The third-order valence-corrected chi connectivity index (χ3v) is 4.02. The predicted octanol–water partition coefficient (Wildman–Crippen LogP) is 2.52. The Hall–Kier alpha value is -0.260. The van der Waals surface area contributed by atoms with E-state index in [0.717, 1.165) is 32.1 Å². The maximum Gasteiger partial charge on any atom is 0.397 e. The van der Waals surface area contributed by atoms with Gasteiger partial charge in [0, 0.05) is 0 Å². The van der Waals surface area contributed by atoms with Gasteiger partial charge in [-0.05, 0) is 25.7 Å². The van der Waals surface area contributed by atoms with Crippen LogP contribution in [-0.4, -0.2) is 38.7 Å². The summed E-state index contributed by atoms with van der Waals surface area (Å²) in [7, 11) is -8.95. The summed E-state index contributed by atoms with van der Waals surface area (Å²) in [6.07, 6.45) is 6.04. The van der Waals surface area contributed by atoms with E-state index >= 15 is 0 Å². The molecule has 0 aromatic heterocycles. The molecule has 0 bridgehead atoms. The van der Waals surface area contributed by atoms with Crippen molar-refractivity contribution in [2.24, 2.45) is 0 Å². The quantitative estimate of drug-likeness (QED) is 0.356. The largest absolute Gasteiger partial charge is 0.397 e. The Morgan fingerprint density at radius 3 is 1.86 bits per heavy atom. The molecule has 0 saturated heterocycles. The summed E-state index contributed by atoms with van der Waals surface area (Å²) in [6, 6.07) is 0. The second kappa shape index (κ2) is 11.3. The molecule has 0 saturated carbocycles. The fraction of sp³-hybridized carbons (Fsp3) is 1.00. The van der Waals surface area contributed by atoms with Crippen molar-refractivity contribution in [1.29, 1.82) is 0 Å². The van der Waals surface area contributed by atoms with Crippen molar-refractivity contribution in [1.82, 2.24) is 0 Å². The van der Waals surface area contributed by atoms with E-state index in [0.29, 0.717) is 25.7 Å². The second-order valence-electron chi connectivity index (χ2n) is 5.09. The summed E-state index contributed by atoms with van der Waals surface area (Å²) >= 11 is 0. The average molecular weight is 362 g/mol. The van der Waals surface area contributed by atoms with Crippen molar-refractivity contribution in [2.75, 3.05) is 6.61 Å². The minimum Gasteiger partial charge on any atom is -0.264 e. The Bertz CT molecular complexity index is 471. The first-order valence-corrected chi connectivity index (χ1v) is 10.1. The van der Waals surface area contributed by atoms with E-state index in [1.54, 1.807) is 0 Å². The molecule has 1 unspecified atom stereocenters. The molecule has 2 N–H and O–H groups in total. The molecule has 0 aromatic rings. The molecule has 0 aromatic carbocycles. The lowest BCUT2D eigenvalue weighted by atomic mass is 10.0. The summed E-state index contributed by atoms with van der Waals surface area (Å²) in [4.78, 5) is 0. The molecule has 0 rings (SSSR count). The minimum atomic E-state index is -4.50. The molecule has 0 aliphatic carbocycles. The third-order valence-electron chi connectivity index (χ3n) is 3.04. The van der Waals surface area contributed by atoms with Crippen molar-refractivity contribution in [3.8, 4) is 0 Å². The lowest BCUT2D eigenvalue weighted by Crippen LogP contribution is -2.18. The fourth-order valence-corrected chi connectivity index (χ4v) is 2.89. The Morgan fingerprint density at radius 2 is 1.36 bits per heavy atom. The Labute approximate surface area is 133 Å². The van der Waals surface area contributed by atoms with E-state index in [4.69, 9.17) is 9.11 Å². The summed E-state index contributed by atoms with van der Waals surface area (Å²) in [6.45, 7) is 1.91. The standard InChI is InChI=1S/C12H26O8S2/c1-2-3-4-5-6-9-12(20-22(16,17)18)10-7-8-11-19-21(13,14)15/h12H,2-11H2,1H3,(H,13,14,15)(H,16,17,18). The summed E-state index contributed by atoms with van der Waals surface area (Å²) in [5, 5.41) is 0. The van der Waals surface area contributed by atoms with E-state index < -0.39 is 26.9 Å². The van der Waals surface area contributed by atoms with E-state index in [2.05, 4.69) is 15.3 Å². The Kier molecular flexibility index (Phi) is 11.2. The first-order chi connectivity index (χ1) is 10.1. The highest BCUT2D eigenvalue weighted by molar-refractivity contribution is 7.81. The van der Waals surface area contributed by atoms with Crippen LogP contribution in [0, 0.1) is 0 Å². The summed E-state index contributed by atoms with van der Waals surface area (Å²) < 4.78 is 68.2. The molecule has 0 amide bonds. The van der Waals surface area contributed by atoms with E-state index in [-0.39, 0.29) is 6.61 Å². The van der Waals surface area contributed by atoms with Gasteiger partial charge in [-0.25, -0.2) is 8.37 Å². The number of rotatable bonds is 14. The Balaban J connectivity index is 4.03. The molecule has 0 radical (unpaired) electrons. The normalized spacial score (nSPS) is 14.1. The topological polar surface area (TPSA) is 127 Å². The molecule has 0 heterocycles. The number of unbranched alkanes of at least 4 members (excludes halogenated alkanes) is 5. The van der Waals surface area contributed by atoms with Crippen molar-refractivity contribution in [3.05, 3.63) is 0 Å². The van der Waals surface area contributed by atoms with Crippen LogP contribution in [0.5, 0.6) is 0 Å². The first kappa shape index (κ1) is 21.7. The number of hydrogen-bond acceptors (Lipinski definition) is 6. The van der Waals surface area contributed by atoms with Crippen LogP contribution in [0.1, 0.15) is 64.7 Å². The van der Waals surface area contributed by atoms with Gasteiger partial charge >= 0.3 is 20.8 Å². The molecule has 8 nitrogen and oxygen atoms in total. The van der Waals surface area contributed by atoms with E-state index in [1.165, 1.54) is 0 Å². The zero-order valence-electron chi connectivity index (χ0n) is 12.8. The van der Waals surface area contributed by atoms with Crippen LogP contribution in [0.15, 0.2) is 0 Å². The van der Waals surface area contributed by atoms with Crippen molar-refractivity contribution in [3.63, 3.8) is 0 Å². The fourth-order valence-electron chi connectivity index (χ4n) is 2.03. The molecule has 0 fully saturated rings. The van der Waals surface area contributed by atoms with Crippen LogP contribution in [0.2, 0.25) is 0 Å². The molecular formula is C12H26O8S2. The van der Waals surface area contributed by atoms with E-state index in [9.17, 15) is 16.8 Å². The van der Waals surface area contributed by atoms with Gasteiger partial charge in [-0.2, -0.15) is 16.8 Å². The maximum absolute atomic E-state index is 10.8. The third kappa shape index (κ3) is 16.1. The molecule has 22 heavy (non-hydrogen) atoms. The molecular weight excluding hydrogens is 336 g/mol. The summed E-state index contributed by atoms with van der Waals surface area (Å²) in [5.74, 6) is 0. The van der Waals surface area contributed by atoms with Crippen LogP contribution in [0.4, 0.5) is 0 Å². The predicted molar refractivity (Wildman–Crippen MR) is 81.1 cm³/mol. The lowest BCUT2D eigenvalue weighted by molar-refractivity contribution is 0.155. The van der Waals surface area contributed by atoms with Gasteiger partial charge in [0.25, 0.3) is 0 Å². The second-order valence-corrected chi connectivity index (χ2v) is 7.23. The van der Waals surface area contributed by atoms with Gasteiger partial charge in [-0.15, -0.1) is 0 Å². The molecule has 10 heteroatoms. The monoisotopic (exact) mass is 362 g/mol. The van der Waals surface area contributed by atoms with Crippen LogP contribution in [-0.2, 0) is 29.2 Å². The average Bonchev–Trinajstić information content (AvgIpc) is 2.34. The van der Waals surface area contributed by atoms with E-state index in [1.807, 2.05) is 0 Å². The van der Waals surface area contributed by atoms with Crippen molar-refractivity contribution in [2.45, 2.75) is 70.8 Å². The van der Waals surface area contributed by atoms with Crippen LogP contribution in [0.3, 0.4) is 0 Å². The molecule has 1 atom stereocenters. The maximum atomic E-state index is 10.8. The van der Waals surface area contributed by atoms with Crippen LogP contribution < -0.4 is 0 Å². The smallest absolute Gasteiger partial charge is 0.264 e. The number of hydrogen-bond donors (Lipinski definition) is 2. The SMILES string of the molecule is CCCCCCCC(CCCCOS(=O)(=O)O)OS(=O)(=O)O. The molecule has 0 spiro atoms. The van der Waals surface area contributed by atoms with Crippen LogP contribution >= 0.6 is 0 Å². The lowest BCUT2D eigenvalue weighted by Gasteiger charge is -2.15. The highest BCUT2D eigenvalue weighted by Gasteiger charge is 2.16. The molecule has 134 valence electrons. The van der Waals surface area contributed by atoms with Gasteiger partial charge in [0.05, 0.1) is 12.7 Å². The highest BCUT2D eigenvalue weighted by atomic mass is 32.3. The van der Waals surface area contributed by atoms with Gasteiger partial charge in [0.1, 0.15) is 0 Å². The van der Waals surface area contributed by atoms with Crippen LogP contribution in [0.25, 0.3) is 0 Å². The van der Waals surface area contributed by atoms with Gasteiger partial charge in [-0.3, -0.25) is 9.11 Å². The van der Waals surface area contributed by atoms with Crippen molar-refractivity contribution >= 4 is 20.8 Å². The zero-order valence-corrected chi connectivity index (χ0v) is 14.4. The molecule has 0 aliphatic rings. The van der Waals surface area contributed by atoms with Crippen molar-refractivity contribution < 1.29 is 34.3 Å². The van der Waals surface area contributed by atoms with Gasteiger partial charge in [0.2, 0.25) is 0 Å².